The van der Waals surface area contributed by atoms with Crippen molar-refractivity contribution in [2.45, 2.75) is 32.2 Å². The number of carbonyl (C=O) groups is 2. The second-order valence-corrected chi connectivity index (χ2v) is 4.09. The Labute approximate surface area is 94.8 Å². The van der Waals surface area contributed by atoms with Gasteiger partial charge in [-0.2, -0.15) is 0 Å². The summed E-state index contributed by atoms with van der Waals surface area (Å²) in [7, 11) is 0. The van der Waals surface area contributed by atoms with Crippen LogP contribution in [0.4, 0.5) is 0 Å². The third kappa shape index (κ3) is 3.62. The fourth-order valence-corrected chi connectivity index (χ4v) is 1.66. The second kappa shape index (κ2) is 5.61. The van der Waals surface area contributed by atoms with Crippen molar-refractivity contribution in [3.63, 3.8) is 0 Å². The number of ketones is 1. The number of carbonyl (C=O) groups excluding carboxylic acids is 1. The van der Waals surface area contributed by atoms with Crippen molar-refractivity contribution in [2.24, 2.45) is 11.7 Å². The molecule has 0 radical (unpaired) electrons. The lowest BCUT2D eigenvalue weighted by molar-refractivity contribution is -0.138. The first-order chi connectivity index (χ1) is 7.50. The van der Waals surface area contributed by atoms with Crippen LogP contribution in [0.25, 0.3) is 0 Å². The standard InChI is InChI=1S/C12H17NO3/c1-8(14)10-5-2-9(3-6-10)4-7-11(13)12(15)16/h2,5-6,9,11H,3-4,7,13H2,1H3,(H,15,16). The van der Waals surface area contributed by atoms with E-state index in [0.29, 0.717) is 12.3 Å². The predicted molar refractivity (Wildman–Crippen MR) is 60.9 cm³/mol. The highest BCUT2D eigenvalue weighted by molar-refractivity contribution is 5.96. The number of hydrogen-bond acceptors (Lipinski definition) is 3. The van der Waals surface area contributed by atoms with Crippen LogP contribution in [0.5, 0.6) is 0 Å². The number of carboxylic acids is 1. The summed E-state index contributed by atoms with van der Waals surface area (Å²) in [5.74, 6) is -0.592. The molecule has 0 saturated heterocycles. The van der Waals surface area contributed by atoms with Gasteiger partial charge in [-0.15, -0.1) is 0 Å². The fraction of sp³-hybridized carbons (Fsp3) is 0.500. The maximum Gasteiger partial charge on any atom is 0.320 e. The molecule has 0 spiro atoms. The smallest absolute Gasteiger partial charge is 0.320 e. The molecule has 1 aliphatic carbocycles. The highest BCUT2D eigenvalue weighted by atomic mass is 16.4. The first-order valence-corrected chi connectivity index (χ1v) is 5.38. The monoisotopic (exact) mass is 223 g/mol. The molecule has 0 aromatic carbocycles. The van der Waals surface area contributed by atoms with Gasteiger partial charge in [-0.05, 0) is 32.1 Å². The summed E-state index contributed by atoms with van der Waals surface area (Å²) in [4.78, 5) is 21.6. The lowest BCUT2D eigenvalue weighted by Gasteiger charge is -2.16. The molecular formula is C12H17NO3. The zero-order chi connectivity index (χ0) is 12.1. The van der Waals surface area contributed by atoms with E-state index in [2.05, 4.69) is 0 Å². The van der Waals surface area contributed by atoms with Gasteiger partial charge >= 0.3 is 5.97 Å². The third-order valence-corrected chi connectivity index (χ3v) is 2.76. The number of carboxylic acid groups (broad SMARTS) is 1. The minimum absolute atomic E-state index is 0.0666. The third-order valence-electron chi connectivity index (χ3n) is 2.76. The van der Waals surface area contributed by atoms with Gasteiger partial charge in [-0.3, -0.25) is 9.59 Å². The first kappa shape index (κ1) is 12.6. The quantitative estimate of drug-likeness (QED) is 0.735. The minimum atomic E-state index is -0.959. The summed E-state index contributed by atoms with van der Waals surface area (Å²) in [6.07, 6.45) is 7.67. The van der Waals surface area contributed by atoms with Crippen LogP contribution < -0.4 is 5.73 Å². The van der Waals surface area contributed by atoms with E-state index >= 15 is 0 Å². The van der Waals surface area contributed by atoms with Gasteiger partial charge in [-0.1, -0.05) is 18.2 Å². The Morgan fingerprint density at radius 3 is 2.75 bits per heavy atom. The van der Waals surface area contributed by atoms with Crippen LogP contribution in [-0.4, -0.2) is 22.9 Å². The number of rotatable bonds is 5. The van der Waals surface area contributed by atoms with Crippen LogP contribution in [0.1, 0.15) is 26.2 Å². The van der Waals surface area contributed by atoms with Crippen molar-refractivity contribution in [3.05, 3.63) is 23.8 Å². The van der Waals surface area contributed by atoms with Gasteiger partial charge in [0.2, 0.25) is 0 Å². The van der Waals surface area contributed by atoms with Gasteiger partial charge in [0.1, 0.15) is 6.04 Å². The molecule has 0 amide bonds. The van der Waals surface area contributed by atoms with Crippen LogP contribution in [0.3, 0.4) is 0 Å². The highest BCUT2D eigenvalue weighted by Crippen LogP contribution is 2.21. The van der Waals surface area contributed by atoms with Gasteiger partial charge in [0.05, 0.1) is 0 Å². The van der Waals surface area contributed by atoms with Crippen molar-refractivity contribution < 1.29 is 14.7 Å². The number of allylic oxidation sites excluding steroid dienone is 4. The van der Waals surface area contributed by atoms with E-state index in [9.17, 15) is 9.59 Å². The molecule has 0 aromatic heterocycles. The second-order valence-electron chi connectivity index (χ2n) is 4.09. The maximum absolute atomic E-state index is 11.0. The van der Waals surface area contributed by atoms with E-state index in [4.69, 9.17) is 10.8 Å². The van der Waals surface area contributed by atoms with Gasteiger partial charge < -0.3 is 10.8 Å². The molecule has 0 heterocycles. The van der Waals surface area contributed by atoms with Crippen molar-refractivity contribution in [3.8, 4) is 0 Å². The Morgan fingerprint density at radius 1 is 1.62 bits per heavy atom. The Morgan fingerprint density at radius 2 is 2.31 bits per heavy atom. The molecular weight excluding hydrogens is 206 g/mol. The van der Waals surface area contributed by atoms with Gasteiger partial charge in [0.25, 0.3) is 0 Å². The summed E-state index contributed by atoms with van der Waals surface area (Å²) in [6, 6.07) is -0.786. The normalized spacial score (nSPS) is 21.4. The molecule has 4 nitrogen and oxygen atoms in total. The molecule has 4 heteroatoms. The van der Waals surface area contributed by atoms with Gasteiger partial charge in [0.15, 0.2) is 5.78 Å². The summed E-state index contributed by atoms with van der Waals surface area (Å²) < 4.78 is 0. The van der Waals surface area contributed by atoms with Gasteiger partial charge in [0, 0.05) is 5.57 Å². The van der Waals surface area contributed by atoms with E-state index in [-0.39, 0.29) is 5.78 Å². The zero-order valence-corrected chi connectivity index (χ0v) is 9.35. The Balaban J connectivity index is 2.37. The average Bonchev–Trinajstić information content (AvgIpc) is 2.26. The van der Waals surface area contributed by atoms with Crippen LogP contribution in [0, 0.1) is 5.92 Å². The van der Waals surface area contributed by atoms with Crippen molar-refractivity contribution in [2.75, 3.05) is 0 Å². The average molecular weight is 223 g/mol. The Hall–Kier alpha value is -1.42. The molecule has 2 atom stereocenters. The first-order valence-electron chi connectivity index (χ1n) is 5.38. The SMILES string of the molecule is CC(=O)C1=CCC(CCC(N)C(=O)O)C=C1. The minimum Gasteiger partial charge on any atom is -0.480 e. The van der Waals surface area contributed by atoms with Crippen LogP contribution in [0.15, 0.2) is 23.8 Å². The summed E-state index contributed by atoms with van der Waals surface area (Å²) in [6.45, 7) is 1.54. The predicted octanol–water partition coefficient (Wildman–Crippen LogP) is 1.27. The molecule has 0 bridgehead atoms. The number of nitrogens with two attached hydrogens (primary N) is 1. The summed E-state index contributed by atoms with van der Waals surface area (Å²) in [5.41, 5.74) is 6.15. The lowest BCUT2D eigenvalue weighted by atomic mass is 9.90. The molecule has 0 aromatic rings. The molecule has 0 saturated carbocycles. The fourth-order valence-electron chi connectivity index (χ4n) is 1.66. The maximum atomic E-state index is 11.0. The van der Waals surface area contributed by atoms with Crippen LogP contribution in [-0.2, 0) is 9.59 Å². The Kier molecular flexibility index (Phi) is 4.43. The van der Waals surface area contributed by atoms with Gasteiger partial charge in [-0.25, -0.2) is 0 Å². The largest absolute Gasteiger partial charge is 0.480 e. The van der Waals surface area contributed by atoms with Crippen LogP contribution >= 0.6 is 0 Å². The van der Waals surface area contributed by atoms with Crippen molar-refractivity contribution in [1.29, 1.82) is 0 Å². The molecule has 0 fully saturated rings. The lowest BCUT2D eigenvalue weighted by Crippen LogP contribution is -2.30. The van der Waals surface area contributed by atoms with E-state index in [0.717, 1.165) is 18.4 Å². The highest BCUT2D eigenvalue weighted by Gasteiger charge is 2.15. The van der Waals surface area contributed by atoms with E-state index in [1.54, 1.807) is 0 Å². The molecule has 0 aliphatic heterocycles. The molecule has 3 N–H and O–H groups in total. The zero-order valence-electron chi connectivity index (χ0n) is 9.35. The number of aliphatic carboxylic acids is 1. The summed E-state index contributed by atoms with van der Waals surface area (Å²) in [5, 5.41) is 8.63. The molecule has 88 valence electrons. The molecule has 16 heavy (non-hydrogen) atoms. The van der Waals surface area contributed by atoms with Crippen molar-refractivity contribution >= 4 is 11.8 Å². The van der Waals surface area contributed by atoms with E-state index in [1.165, 1.54) is 6.92 Å². The van der Waals surface area contributed by atoms with Crippen LogP contribution in [0.2, 0.25) is 0 Å². The topological polar surface area (TPSA) is 80.4 Å². The Bertz CT molecular complexity index is 344. The molecule has 1 rings (SSSR count). The van der Waals surface area contributed by atoms with E-state index in [1.807, 2.05) is 18.2 Å². The molecule has 2 unspecified atom stereocenters. The van der Waals surface area contributed by atoms with E-state index < -0.39 is 12.0 Å². The number of Topliss-reactive ketones (excluding diaryl/α,β-unsaturated/α-hetero) is 1. The summed E-state index contributed by atoms with van der Waals surface area (Å²) >= 11 is 0. The molecule has 1 aliphatic rings. The number of hydrogen-bond donors (Lipinski definition) is 2. The van der Waals surface area contributed by atoms with Crippen molar-refractivity contribution in [1.82, 2.24) is 0 Å².